The van der Waals surface area contributed by atoms with Crippen LogP contribution in [0.1, 0.15) is 33.1 Å². The summed E-state index contributed by atoms with van der Waals surface area (Å²) >= 11 is 5.83. The van der Waals surface area contributed by atoms with E-state index < -0.39 is 15.8 Å². The van der Waals surface area contributed by atoms with Crippen LogP contribution in [0.15, 0.2) is 23.1 Å². The van der Waals surface area contributed by atoms with E-state index in [9.17, 15) is 12.8 Å². The van der Waals surface area contributed by atoms with E-state index in [2.05, 4.69) is 16.5 Å². The minimum absolute atomic E-state index is 0.0885. The second kappa shape index (κ2) is 7.25. The number of nitrogens with zero attached hydrogens (tertiary/aromatic N) is 1. The lowest BCUT2D eigenvalue weighted by molar-refractivity contribution is 0.116. The zero-order valence-corrected chi connectivity index (χ0v) is 14.4. The molecule has 2 unspecified atom stereocenters. The minimum Gasteiger partial charge on any atom is -0.297 e. The zero-order valence-electron chi connectivity index (χ0n) is 12.9. The molecular weight excluding hydrogens is 327 g/mol. The Morgan fingerprint density at radius 3 is 2.82 bits per heavy atom. The van der Waals surface area contributed by atoms with Crippen molar-refractivity contribution >= 4 is 21.6 Å². The van der Waals surface area contributed by atoms with Gasteiger partial charge in [0.15, 0.2) is 0 Å². The number of piperidine rings is 1. The topological polar surface area (TPSA) is 49.4 Å². The van der Waals surface area contributed by atoms with Gasteiger partial charge < -0.3 is 0 Å². The van der Waals surface area contributed by atoms with Crippen molar-refractivity contribution in [2.75, 3.05) is 13.1 Å². The van der Waals surface area contributed by atoms with Crippen LogP contribution in [0.5, 0.6) is 0 Å². The first-order chi connectivity index (χ1) is 10.3. The van der Waals surface area contributed by atoms with Crippen molar-refractivity contribution in [2.24, 2.45) is 0 Å². The molecule has 0 spiro atoms. The number of rotatable bonds is 5. The summed E-state index contributed by atoms with van der Waals surface area (Å²) in [6.45, 7) is 5.47. The molecule has 2 atom stereocenters. The number of likely N-dealkylation sites (tertiary alicyclic amines) is 1. The quantitative estimate of drug-likeness (QED) is 0.889. The van der Waals surface area contributed by atoms with Crippen molar-refractivity contribution in [3.8, 4) is 0 Å². The maximum atomic E-state index is 13.0. The highest BCUT2D eigenvalue weighted by Gasteiger charge is 2.25. The number of sulfonamides is 1. The summed E-state index contributed by atoms with van der Waals surface area (Å²) in [5.74, 6) is -0.556. The molecule has 1 aromatic carbocycles. The molecule has 1 aliphatic rings. The Kier molecular flexibility index (Phi) is 5.82. The van der Waals surface area contributed by atoms with Crippen molar-refractivity contribution in [1.82, 2.24) is 9.62 Å². The van der Waals surface area contributed by atoms with E-state index in [-0.39, 0.29) is 16.0 Å². The molecule has 124 valence electrons. The van der Waals surface area contributed by atoms with E-state index in [1.807, 2.05) is 6.92 Å². The van der Waals surface area contributed by atoms with E-state index in [1.54, 1.807) is 0 Å². The Labute approximate surface area is 136 Å². The van der Waals surface area contributed by atoms with Gasteiger partial charge in [-0.05, 0) is 51.4 Å². The van der Waals surface area contributed by atoms with Gasteiger partial charge in [0.25, 0.3) is 0 Å². The molecule has 1 aliphatic heterocycles. The molecule has 22 heavy (non-hydrogen) atoms. The SMILES string of the molecule is CC1CCCCN1C(C)CNS(=O)(=O)c1ccc(F)cc1Cl. The molecule has 0 radical (unpaired) electrons. The Morgan fingerprint density at radius 1 is 1.45 bits per heavy atom. The molecule has 0 saturated carbocycles. The molecule has 1 fully saturated rings. The van der Waals surface area contributed by atoms with Crippen LogP contribution < -0.4 is 4.72 Å². The van der Waals surface area contributed by atoms with Crippen LogP contribution in [0.3, 0.4) is 0 Å². The Morgan fingerprint density at radius 2 is 2.18 bits per heavy atom. The number of halogens is 2. The van der Waals surface area contributed by atoms with E-state index in [0.29, 0.717) is 12.6 Å². The second-order valence-electron chi connectivity index (χ2n) is 5.86. The highest BCUT2D eigenvalue weighted by molar-refractivity contribution is 7.89. The van der Waals surface area contributed by atoms with Crippen LogP contribution in [-0.4, -0.2) is 38.5 Å². The van der Waals surface area contributed by atoms with Gasteiger partial charge >= 0.3 is 0 Å². The van der Waals surface area contributed by atoms with Gasteiger partial charge in [-0.1, -0.05) is 18.0 Å². The molecule has 1 aromatic rings. The maximum absolute atomic E-state index is 13.0. The fourth-order valence-corrected chi connectivity index (χ4v) is 4.54. The first-order valence-corrected chi connectivity index (χ1v) is 9.38. The number of benzene rings is 1. The lowest BCUT2D eigenvalue weighted by Crippen LogP contribution is -2.48. The average molecular weight is 349 g/mol. The summed E-state index contributed by atoms with van der Waals surface area (Å²) < 4.78 is 40.2. The van der Waals surface area contributed by atoms with Gasteiger partial charge in [-0.2, -0.15) is 0 Å². The molecule has 7 heteroatoms. The highest BCUT2D eigenvalue weighted by atomic mass is 35.5. The third-order valence-electron chi connectivity index (χ3n) is 4.17. The van der Waals surface area contributed by atoms with Crippen LogP contribution in [0.2, 0.25) is 5.02 Å². The predicted molar refractivity (Wildman–Crippen MR) is 86.1 cm³/mol. The van der Waals surface area contributed by atoms with Crippen molar-refractivity contribution < 1.29 is 12.8 Å². The third-order valence-corrected chi connectivity index (χ3v) is 6.08. The Hall–Kier alpha value is -0.690. The second-order valence-corrected chi connectivity index (χ2v) is 8.00. The average Bonchev–Trinajstić information content (AvgIpc) is 2.45. The van der Waals surface area contributed by atoms with Crippen LogP contribution in [0.4, 0.5) is 4.39 Å². The van der Waals surface area contributed by atoms with Gasteiger partial charge in [0.05, 0.1) is 5.02 Å². The molecule has 1 saturated heterocycles. The zero-order chi connectivity index (χ0) is 16.3. The summed E-state index contributed by atoms with van der Waals surface area (Å²) in [6, 6.07) is 3.85. The van der Waals surface area contributed by atoms with E-state index in [0.717, 1.165) is 31.5 Å². The summed E-state index contributed by atoms with van der Waals surface area (Å²) in [5, 5.41) is -0.105. The molecule has 2 rings (SSSR count). The lowest BCUT2D eigenvalue weighted by Gasteiger charge is -2.38. The Bertz CT molecular complexity index is 624. The number of nitrogens with one attached hydrogen (secondary N) is 1. The Balaban J connectivity index is 2.03. The fraction of sp³-hybridized carbons (Fsp3) is 0.600. The van der Waals surface area contributed by atoms with Crippen LogP contribution >= 0.6 is 11.6 Å². The van der Waals surface area contributed by atoms with Gasteiger partial charge in [-0.15, -0.1) is 0 Å². The van der Waals surface area contributed by atoms with Gasteiger partial charge in [-0.3, -0.25) is 4.90 Å². The van der Waals surface area contributed by atoms with E-state index in [4.69, 9.17) is 11.6 Å². The monoisotopic (exact) mass is 348 g/mol. The van der Waals surface area contributed by atoms with Gasteiger partial charge in [0.2, 0.25) is 10.0 Å². The van der Waals surface area contributed by atoms with Crippen molar-refractivity contribution in [1.29, 1.82) is 0 Å². The summed E-state index contributed by atoms with van der Waals surface area (Å²) in [6.07, 6.45) is 3.51. The third kappa shape index (κ3) is 4.19. The van der Waals surface area contributed by atoms with Gasteiger partial charge in [0, 0.05) is 18.6 Å². The van der Waals surface area contributed by atoms with Crippen LogP contribution in [-0.2, 0) is 10.0 Å². The maximum Gasteiger partial charge on any atom is 0.242 e. The molecule has 0 bridgehead atoms. The van der Waals surface area contributed by atoms with Crippen molar-refractivity contribution in [3.63, 3.8) is 0 Å². The van der Waals surface area contributed by atoms with Gasteiger partial charge in [-0.25, -0.2) is 17.5 Å². The highest BCUT2D eigenvalue weighted by Crippen LogP contribution is 2.23. The largest absolute Gasteiger partial charge is 0.297 e. The first-order valence-electron chi connectivity index (χ1n) is 7.51. The summed E-state index contributed by atoms with van der Waals surface area (Å²) in [5.41, 5.74) is 0. The van der Waals surface area contributed by atoms with Crippen LogP contribution in [0.25, 0.3) is 0 Å². The van der Waals surface area contributed by atoms with Gasteiger partial charge in [0.1, 0.15) is 10.7 Å². The fourth-order valence-electron chi connectivity index (χ4n) is 2.89. The standard InChI is InChI=1S/C15H22ClFN2O2S/c1-11-5-3-4-8-19(11)12(2)10-18-22(20,21)15-7-6-13(17)9-14(15)16/h6-7,9,11-12,18H,3-5,8,10H2,1-2H3. The normalized spacial score (nSPS) is 21.7. The first kappa shape index (κ1) is 17.7. The molecule has 4 nitrogen and oxygen atoms in total. The summed E-state index contributed by atoms with van der Waals surface area (Å²) in [4.78, 5) is 2.23. The molecule has 0 amide bonds. The molecule has 1 N–H and O–H groups in total. The van der Waals surface area contributed by atoms with Crippen molar-refractivity contribution in [2.45, 2.75) is 50.1 Å². The van der Waals surface area contributed by atoms with E-state index >= 15 is 0 Å². The number of hydrogen-bond acceptors (Lipinski definition) is 3. The lowest BCUT2D eigenvalue weighted by atomic mass is 10.0. The molecule has 1 heterocycles. The molecule has 0 aromatic heterocycles. The summed E-state index contributed by atoms with van der Waals surface area (Å²) in [7, 11) is -3.73. The number of hydrogen-bond donors (Lipinski definition) is 1. The van der Waals surface area contributed by atoms with Crippen molar-refractivity contribution in [3.05, 3.63) is 29.0 Å². The molecule has 0 aliphatic carbocycles. The molecular formula is C15H22ClFN2O2S. The van der Waals surface area contributed by atoms with Crippen LogP contribution in [0, 0.1) is 5.82 Å². The predicted octanol–water partition coefficient (Wildman–Crippen LogP) is 3.02. The minimum atomic E-state index is -3.73. The van der Waals surface area contributed by atoms with E-state index in [1.165, 1.54) is 12.5 Å². The smallest absolute Gasteiger partial charge is 0.242 e.